The smallest absolute Gasteiger partial charge is 0.115 e. The van der Waals surface area contributed by atoms with Crippen LogP contribution in [0.5, 0.6) is 5.75 Å². The predicted molar refractivity (Wildman–Crippen MR) is 98.0 cm³/mol. The van der Waals surface area contributed by atoms with Gasteiger partial charge in [-0.25, -0.2) is 0 Å². The molecule has 24 heavy (non-hydrogen) atoms. The molecule has 2 aromatic rings. The molecule has 0 aromatic heterocycles. The molecular weight excluding hydrogens is 298 g/mol. The third-order valence-electron chi connectivity index (χ3n) is 4.57. The highest BCUT2D eigenvalue weighted by atomic mass is 16.3. The van der Waals surface area contributed by atoms with Gasteiger partial charge in [-0.05, 0) is 60.6 Å². The van der Waals surface area contributed by atoms with Crippen molar-refractivity contribution < 1.29 is 10.2 Å². The molecule has 0 spiro atoms. The van der Waals surface area contributed by atoms with Gasteiger partial charge < -0.3 is 15.5 Å². The van der Waals surface area contributed by atoms with Crippen LogP contribution in [0.4, 0.5) is 0 Å². The fourth-order valence-corrected chi connectivity index (χ4v) is 3.16. The largest absolute Gasteiger partial charge is 0.508 e. The lowest BCUT2D eigenvalue weighted by Crippen LogP contribution is -2.32. The number of aromatic hydroxyl groups is 1. The number of nitrogens with one attached hydrogen (secondary N) is 1. The maximum atomic E-state index is 10.2. The number of aliphatic hydroxyl groups excluding tert-OH is 1. The second-order valence-corrected chi connectivity index (χ2v) is 6.59. The Kier molecular flexibility index (Phi) is 5.34. The van der Waals surface area contributed by atoms with Crippen molar-refractivity contribution in [1.82, 2.24) is 5.32 Å². The van der Waals surface area contributed by atoms with Gasteiger partial charge in [0.25, 0.3) is 0 Å². The Labute approximate surface area is 143 Å². The summed E-state index contributed by atoms with van der Waals surface area (Å²) in [5.74, 6) is 0.216. The van der Waals surface area contributed by atoms with E-state index >= 15 is 0 Å². The highest BCUT2D eigenvalue weighted by molar-refractivity contribution is 5.57. The molecule has 0 heterocycles. The van der Waals surface area contributed by atoms with Crippen LogP contribution in [0.25, 0.3) is 6.08 Å². The minimum Gasteiger partial charge on any atom is -0.508 e. The van der Waals surface area contributed by atoms with E-state index < -0.39 is 6.10 Å². The average molecular weight is 323 g/mol. The molecule has 3 N–H and O–H groups in total. The summed E-state index contributed by atoms with van der Waals surface area (Å²) in [6.07, 6.45) is 7.10. The zero-order chi connectivity index (χ0) is 16.9. The van der Waals surface area contributed by atoms with Crippen LogP contribution in [0.3, 0.4) is 0 Å². The van der Waals surface area contributed by atoms with Gasteiger partial charge in [-0.1, -0.05) is 42.5 Å². The molecule has 2 unspecified atom stereocenters. The molecule has 1 aliphatic carbocycles. The number of hydrogen-bond acceptors (Lipinski definition) is 3. The molecule has 3 nitrogen and oxygen atoms in total. The van der Waals surface area contributed by atoms with Gasteiger partial charge in [0.2, 0.25) is 0 Å². The maximum Gasteiger partial charge on any atom is 0.115 e. The predicted octanol–water partition coefficient (Wildman–Crippen LogP) is 3.61. The van der Waals surface area contributed by atoms with Crippen LogP contribution < -0.4 is 5.32 Å². The summed E-state index contributed by atoms with van der Waals surface area (Å²) in [5.41, 5.74) is 4.91. The van der Waals surface area contributed by atoms with Crippen molar-refractivity contribution in [2.45, 2.75) is 38.3 Å². The third kappa shape index (κ3) is 4.25. The van der Waals surface area contributed by atoms with Crippen molar-refractivity contribution >= 4 is 6.08 Å². The molecule has 2 atom stereocenters. The molecule has 0 saturated heterocycles. The number of hydrogen-bond donors (Lipinski definition) is 3. The van der Waals surface area contributed by atoms with Gasteiger partial charge in [0.1, 0.15) is 5.75 Å². The van der Waals surface area contributed by atoms with E-state index in [0.29, 0.717) is 6.54 Å². The van der Waals surface area contributed by atoms with E-state index in [1.807, 2.05) is 0 Å². The maximum absolute atomic E-state index is 10.2. The number of fused-ring (bicyclic) bond motifs is 1. The molecule has 3 heteroatoms. The van der Waals surface area contributed by atoms with Crippen molar-refractivity contribution in [3.63, 3.8) is 0 Å². The lowest BCUT2D eigenvalue weighted by atomic mass is 9.94. The van der Waals surface area contributed by atoms with Crippen LogP contribution in [-0.2, 0) is 12.8 Å². The van der Waals surface area contributed by atoms with Crippen LogP contribution in [0.15, 0.2) is 48.5 Å². The van der Waals surface area contributed by atoms with Crippen LogP contribution in [-0.4, -0.2) is 22.8 Å². The highest BCUT2D eigenvalue weighted by Gasteiger charge is 2.11. The molecule has 0 aliphatic heterocycles. The summed E-state index contributed by atoms with van der Waals surface area (Å²) < 4.78 is 0. The zero-order valence-electron chi connectivity index (χ0n) is 14.1. The van der Waals surface area contributed by atoms with E-state index in [0.717, 1.165) is 24.8 Å². The van der Waals surface area contributed by atoms with Gasteiger partial charge >= 0.3 is 0 Å². The molecule has 3 rings (SSSR count). The SMILES string of the molecule is CC(Cc1ccc2c(c1)C=CCC2)NCC(O)c1ccc(O)cc1. The minimum atomic E-state index is -0.570. The van der Waals surface area contributed by atoms with Crippen molar-refractivity contribution in [2.75, 3.05) is 6.54 Å². The van der Waals surface area contributed by atoms with Crippen molar-refractivity contribution in [2.24, 2.45) is 0 Å². The lowest BCUT2D eigenvalue weighted by molar-refractivity contribution is 0.170. The van der Waals surface area contributed by atoms with Gasteiger partial charge in [-0.3, -0.25) is 0 Å². The number of benzene rings is 2. The van der Waals surface area contributed by atoms with Crippen molar-refractivity contribution in [3.05, 3.63) is 70.8 Å². The summed E-state index contributed by atoms with van der Waals surface area (Å²) in [7, 11) is 0. The molecule has 126 valence electrons. The Hall–Kier alpha value is -2.10. The Morgan fingerprint density at radius 3 is 2.71 bits per heavy atom. The summed E-state index contributed by atoms with van der Waals surface area (Å²) in [6.45, 7) is 2.63. The first kappa shape index (κ1) is 16.7. The first-order valence-electron chi connectivity index (χ1n) is 8.60. The summed E-state index contributed by atoms with van der Waals surface area (Å²) in [4.78, 5) is 0. The number of phenolic OH excluding ortho intramolecular Hbond substituents is 1. The first-order valence-corrected chi connectivity index (χ1v) is 8.60. The Balaban J connectivity index is 1.53. The molecule has 0 radical (unpaired) electrons. The van der Waals surface area contributed by atoms with E-state index in [2.05, 4.69) is 42.6 Å². The van der Waals surface area contributed by atoms with Crippen molar-refractivity contribution in [1.29, 1.82) is 0 Å². The van der Waals surface area contributed by atoms with E-state index in [1.54, 1.807) is 24.3 Å². The zero-order valence-corrected chi connectivity index (χ0v) is 14.1. The number of rotatable bonds is 6. The standard InChI is InChI=1S/C21H25NO2/c1-15(22-14-21(24)18-8-10-20(23)11-9-18)12-16-6-7-17-4-2-3-5-19(17)13-16/h3,5-11,13,15,21-24H,2,4,12,14H2,1H3. The van der Waals surface area contributed by atoms with Gasteiger partial charge in [0.05, 0.1) is 6.10 Å². The third-order valence-corrected chi connectivity index (χ3v) is 4.57. The van der Waals surface area contributed by atoms with Crippen LogP contribution in [0.1, 0.15) is 41.7 Å². The fraction of sp³-hybridized carbons (Fsp3) is 0.333. The quantitative estimate of drug-likeness (QED) is 0.761. The van der Waals surface area contributed by atoms with Gasteiger partial charge in [-0.2, -0.15) is 0 Å². The molecule has 0 bridgehead atoms. The first-order chi connectivity index (χ1) is 11.6. The normalized spacial score (nSPS) is 15.8. The monoisotopic (exact) mass is 323 g/mol. The Bertz CT molecular complexity index is 706. The van der Waals surface area contributed by atoms with E-state index in [4.69, 9.17) is 0 Å². The topological polar surface area (TPSA) is 52.5 Å². The lowest BCUT2D eigenvalue weighted by Gasteiger charge is -2.19. The van der Waals surface area contributed by atoms with Crippen molar-refractivity contribution in [3.8, 4) is 5.75 Å². The van der Waals surface area contributed by atoms with E-state index in [-0.39, 0.29) is 11.8 Å². The minimum absolute atomic E-state index is 0.216. The molecule has 0 saturated carbocycles. The second-order valence-electron chi connectivity index (χ2n) is 6.59. The number of aryl methyl sites for hydroxylation is 1. The number of allylic oxidation sites excluding steroid dienone is 1. The molecule has 1 aliphatic rings. The average Bonchev–Trinajstić information content (AvgIpc) is 2.60. The van der Waals surface area contributed by atoms with Gasteiger partial charge in [0, 0.05) is 12.6 Å². The van der Waals surface area contributed by atoms with E-state index in [9.17, 15) is 10.2 Å². The summed E-state index contributed by atoms with van der Waals surface area (Å²) in [6, 6.07) is 13.7. The molecular formula is C21H25NO2. The molecule has 0 fully saturated rings. The summed E-state index contributed by atoms with van der Waals surface area (Å²) >= 11 is 0. The van der Waals surface area contributed by atoms with Crippen LogP contribution in [0.2, 0.25) is 0 Å². The second kappa shape index (κ2) is 7.65. The molecule has 0 amide bonds. The van der Waals surface area contributed by atoms with Crippen LogP contribution >= 0.6 is 0 Å². The van der Waals surface area contributed by atoms with Gasteiger partial charge in [-0.15, -0.1) is 0 Å². The Morgan fingerprint density at radius 1 is 1.12 bits per heavy atom. The van der Waals surface area contributed by atoms with Gasteiger partial charge in [0.15, 0.2) is 0 Å². The molecule has 2 aromatic carbocycles. The number of aliphatic hydroxyl groups is 1. The fourth-order valence-electron chi connectivity index (χ4n) is 3.16. The number of phenols is 1. The highest BCUT2D eigenvalue weighted by Crippen LogP contribution is 2.21. The van der Waals surface area contributed by atoms with E-state index in [1.165, 1.54) is 16.7 Å². The summed E-state index contributed by atoms with van der Waals surface area (Å²) in [5, 5.41) is 22.9. The van der Waals surface area contributed by atoms with Crippen LogP contribution in [0, 0.1) is 0 Å². The Morgan fingerprint density at radius 2 is 1.92 bits per heavy atom.